The number of nitrogens with zero attached hydrogens (tertiary/aromatic N) is 9. The highest BCUT2D eigenvalue weighted by atomic mass is 79.9. The zero-order valence-electron chi connectivity index (χ0n) is 16.6. The number of amides is 1. The van der Waals surface area contributed by atoms with Gasteiger partial charge in [0.05, 0.1) is 16.7 Å². The minimum atomic E-state index is -0.191. The summed E-state index contributed by atoms with van der Waals surface area (Å²) in [7, 11) is 1.73. The van der Waals surface area contributed by atoms with Gasteiger partial charge in [-0.05, 0) is 34.1 Å². The van der Waals surface area contributed by atoms with E-state index in [0.29, 0.717) is 18.1 Å². The van der Waals surface area contributed by atoms with Crippen LogP contribution in [0.2, 0.25) is 0 Å². The fraction of sp³-hybridized carbons (Fsp3) is 0.263. The summed E-state index contributed by atoms with van der Waals surface area (Å²) in [5.41, 5.74) is 2.03. The highest BCUT2D eigenvalue weighted by Crippen LogP contribution is 2.17. The predicted molar refractivity (Wildman–Crippen MR) is 112 cm³/mol. The van der Waals surface area contributed by atoms with Crippen LogP contribution in [0.5, 0.6) is 0 Å². The first-order valence-electron chi connectivity index (χ1n) is 9.37. The molecule has 0 aliphatic heterocycles. The average Bonchev–Trinajstić information content (AvgIpc) is 3.49. The van der Waals surface area contributed by atoms with Crippen molar-refractivity contribution in [3.05, 3.63) is 64.7 Å². The van der Waals surface area contributed by atoms with E-state index >= 15 is 0 Å². The molecule has 10 nitrogen and oxygen atoms in total. The van der Waals surface area contributed by atoms with Gasteiger partial charge < -0.3 is 4.90 Å². The number of aromatic nitrogens is 8. The number of carbonyl (C=O) groups is 1. The van der Waals surface area contributed by atoms with Gasteiger partial charge in [0, 0.05) is 31.5 Å². The molecule has 0 radical (unpaired) electrons. The van der Waals surface area contributed by atoms with E-state index in [1.54, 1.807) is 28.9 Å². The van der Waals surface area contributed by atoms with Gasteiger partial charge in [-0.15, -0.1) is 15.0 Å². The molecule has 0 fully saturated rings. The van der Waals surface area contributed by atoms with Crippen molar-refractivity contribution in [2.75, 3.05) is 7.05 Å². The van der Waals surface area contributed by atoms with Crippen molar-refractivity contribution in [1.82, 2.24) is 44.7 Å². The van der Waals surface area contributed by atoms with Crippen molar-refractivity contribution >= 4 is 21.8 Å². The Morgan fingerprint density at radius 2 is 1.90 bits per heavy atom. The Kier molecular flexibility index (Phi) is 5.70. The van der Waals surface area contributed by atoms with Gasteiger partial charge in [0.15, 0.2) is 6.67 Å². The van der Waals surface area contributed by atoms with Crippen molar-refractivity contribution in [3.63, 3.8) is 0 Å². The normalized spacial score (nSPS) is 11.0. The third kappa shape index (κ3) is 4.30. The van der Waals surface area contributed by atoms with E-state index in [0.717, 1.165) is 22.3 Å². The summed E-state index contributed by atoms with van der Waals surface area (Å²) in [5, 5.41) is 21.3. The van der Waals surface area contributed by atoms with E-state index in [-0.39, 0.29) is 12.6 Å². The zero-order chi connectivity index (χ0) is 21.1. The van der Waals surface area contributed by atoms with Gasteiger partial charge in [-0.2, -0.15) is 10.2 Å². The fourth-order valence-electron chi connectivity index (χ4n) is 2.89. The molecule has 1 aromatic carbocycles. The van der Waals surface area contributed by atoms with Gasteiger partial charge in [-0.3, -0.25) is 9.48 Å². The maximum absolute atomic E-state index is 12.7. The smallest absolute Gasteiger partial charge is 0.274 e. The Hall–Kier alpha value is -3.34. The third-order valence-electron chi connectivity index (χ3n) is 4.46. The summed E-state index contributed by atoms with van der Waals surface area (Å²) in [5.74, 6) is 0.346. The number of rotatable bonds is 7. The lowest BCUT2D eigenvalue weighted by molar-refractivity contribution is 0.0776. The number of hydrogen-bond donors (Lipinski definition) is 0. The van der Waals surface area contributed by atoms with Crippen LogP contribution in [0.4, 0.5) is 0 Å². The number of benzene rings is 1. The standard InChI is InChI=1S/C19H20BrN9O/c1-3-27-11-15(20)17(23-27)12-26(2)19(30)16-9-10-28(22-16)13-29-24-18(21-25-29)14-7-5-4-6-8-14/h4-11H,3,12-13H2,1-2H3. The van der Waals surface area contributed by atoms with Gasteiger partial charge in [0.1, 0.15) is 5.69 Å². The van der Waals surface area contributed by atoms with E-state index in [1.807, 2.05) is 48.1 Å². The Balaban J connectivity index is 1.41. The van der Waals surface area contributed by atoms with Crippen LogP contribution in [-0.2, 0) is 19.8 Å². The van der Waals surface area contributed by atoms with Gasteiger partial charge in [0.2, 0.25) is 5.82 Å². The Morgan fingerprint density at radius 3 is 2.63 bits per heavy atom. The summed E-state index contributed by atoms with van der Waals surface area (Å²) in [6, 6.07) is 11.3. The van der Waals surface area contributed by atoms with E-state index in [2.05, 4.69) is 41.5 Å². The van der Waals surface area contributed by atoms with E-state index in [9.17, 15) is 4.79 Å². The van der Waals surface area contributed by atoms with Crippen LogP contribution in [0.15, 0.2) is 53.3 Å². The molecule has 3 heterocycles. The summed E-state index contributed by atoms with van der Waals surface area (Å²) >= 11 is 3.49. The summed E-state index contributed by atoms with van der Waals surface area (Å²) in [6.07, 6.45) is 3.62. The lowest BCUT2D eigenvalue weighted by atomic mass is 10.2. The molecule has 4 aromatic rings. The summed E-state index contributed by atoms with van der Waals surface area (Å²) in [4.78, 5) is 15.8. The molecule has 0 unspecified atom stereocenters. The molecular weight excluding hydrogens is 450 g/mol. The monoisotopic (exact) mass is 469 g/mol. The molecule has 0 aliphatic rings. The van der Waals surface area contributed by atoms with Crippen molar-refractivity contribution in [3.8, 4) is 11.4 Å². The number of halogens is 1. The van der Waals surface area contributed by atoms with Crippen LogP contribution < -0.4 is 0 Å². The number of hydrogen-bond acceptors (Lipinski definition) is 6. The van der Waals surface area contributed by atoms with Gasteiger partial charge in [-0.25, -0.2) is 4.68 Å². The largest absolute Gasteiger partial charge is 0.334 e. The average molecular weight is 470 g/mol. The SMILES string of the molecule is CCn1cc(Br)c(CN(C)C(=O)c2ccn(Cn3nnc(-c4ccccc4)n3)n2)n1. The Labute approximate surface area is 181 Å². The van der Waals surface area contributed by atoms with E-state index in [1.165, 1.54) is 4.80 Å². The highest BCUT2D eigenvalue weighted by Gasteiger charge is 2.18. The minimum Gasteiger partial charge on any atom is -0.334 e. The molecular formula is C19H20BrN9O. The molecule has 0 bridgehead atoms. The fourth-order valence-corrected chi connectivity index (χ4v) is 3.33. The van der Waals surface area contributed by atoms with Crippen LogP contribution in [0, 0.1) is 0 Å². The first kappa shape index (κ1) is 20.0. The molecule has 1 amide bonds. The van der Waals surface area contributed by atoms with Crippen molar-refractivity contribution in [2.24, 2.45) is 0 Å². The second kappa shape index (κ2) is 8.57. The van der Waals surface area contributed by atoms with Crippen molar-refractivity contribution in [2.45, 2.75) is 26.7 Å². The molecule has 0 aliphatic carbocycles. The molecule has 0 saturated heterocycles. The maximum atomic E-state index is 12.7. The molecule has 30 heavy (non-hydrogen) atoms. The molecule has 4 rings (SSSR count). The lowest BCUT2D eigenvalue weighted by Gasteiger charge is -2.14. The number of tetrazole rings is 1. The van der Waals surface area contributed by atoms with Crippen LogP contribution in [0.1, 0.15) is 23.1 Å². The Bertz CT molecular complexity index is 1150. The van der Waals surface area contributed by atoms with Crippen molar-refractivity contribution in [1.29, 1.82) is 0 Å². The van der Waals surface area contributed by atoms with Gasteiger partial charge >= 0.3 is 0 Å². The van der Waals surface area contributed by atoms with E-state index in [4.69, 9.17) is 0 Å². The summed E-state index contributed by atoms with van der Waals surface area (Å²) in [6.45, 7) is 3.41. The second-order valence-corrected chi connectivity index (χ2v) is 7.53. The first-order chi connectivity index (χ1) is 14.5. The molecule has 3 aromatic heterocycles. The number of carbonyl (C=O) groups excluding carboxylic acids is 1. The first-order valence-corrected chi connectivity index (χ1v) is 10.2. The third-order valence-corrected chi connectivity index (χ3v) is 5.12. The van der Waals surface area contributed by atoms with Gasteiger partial charge in [0.25, 0.3) is 5.91 Å². The Morgan fingerprint density at radius 1 is 1.10 bits per heavy atom. The predicted octanol–water partition coefficient (Wildman–Crippen LogP) is 2.29. The second-order valence-electron chi connectivity index (χ2n) is 6.67. The highest BCUT2D eigenvalue weighted by molar-refractivity contribution is 9.10. The molecule has 0 atom stereocenters. The van der Waals surface area contributed by atoms with Crippen LogP contribution in [0.25, 0.3) is 11.4 Å². The number of aryl methyl sites for hydroxylation is 1. The minimum absolute atomic E-state index is 0.191. The van der Waals surface area contributed by atoms with Crippen LogP contribution in [0.3, 0.4) is 0 Å². The van der Waals surface area contributed by atoms with Crippen molar-refractivity contribution < 1.29 is 4.79 Å². The molecule has 0 spiro atoms. The topological polar surface area (TPSA) is 99.6 Å². The summed E-state index contributed by atoms with van der Waals surface area (Å²) < 4.78 is 4.29. The molecule has 0 saturated carbocycles. The quantitative estimate of drug-likeness (QED) is 0.411. The van der Waals surface area contributed by atoms with Crippen LogP contribution in [-0.4, -0.2) is 57.6 Å². The molecule has 11 heteroatoms. The zero-order valence-corrected chi connectivity index (χ0v) is 18.1. The maximum Gasteiger partial charge on any atom is 0.274 e. The lowest BCUT2D eigenvalue weighted by Crippen LogP contribution is -2.27. The van der Waals surface area contributed by atoms with Crippen LogP contribution >= 0.6 is 15.9 Å². The molecule has 154 valence electrons. The molecule has 0 N–H and O–H groups in total. The van der Waals surface area contributed by atoms with Gasteiger partial charge in [-0.1, -0.05) is 30.3 Å². The van der Waals surface area contributed by atoms with E-state index < -0.39 is 0 Å².